The summed E-state index contributed by atoms with van der Waals surface area (Å²) < 4.78 is 2.19. The van der Waals surface area contributed by atoms with E-state index in [2.05, 4.69) is 28.7 Å². The number of carbonyl (C=O) groups excluding carboxylic acids is 1. The molecule has 0 aliphatic carbocycles. The van der Waals surface area contributed by atoms with Crippen molar-refractivity contribution in [1.82, 2.24) is 9.55 Å². The third kappa shape index (κ3) is 2.60. The molecule has 2 aromatic carbocycles. The van der Waals surface area contributed by atoms with E-state index in [4.69, 9.17) is 0 Å². The highest BCUT2D eigenvalue weighted by Gasteiger charge is 2.11. The highest BCUT2D eigenvalue weighted by atomic mass is 16.1. The molecule has 0 radical (unpaired) electrons. The fourth-order valence-electron chi connectivity index (χ4n) is 2.74. The molecule has 0 aliphatic rings. The Kier molecular flexibility index (Phi) is 3.67. The molecular formula is C18H19N3O. The van der Waals surface area contributed by atoms with Gasteiger partial charge >= 0.3 is 0 Å². The summed E-state index contributed by atoms with van der Waals surface area (Å²) in [5.41, 5.74) is 3.39. The van der Waals surface area contributed by atoms with Gasteiger partial charge in [-0.2, -0.15) is 0 Å². The Hall–Kier alpha value is -2.62. The smallest absolute Gasteiger partial charge is 0.255 e. The zero-order valence-corrected chi connectivity index (χ0v) is 13.0. The van der Waals surface area contributed by atoms with Crippen molar-refractivity contribution in [3.8, 4) is 0 Å². The van der Waals surface area contributed by atoms with Gasteiger partial charge in [0, 0.05) is 17.3 Å². The highest BCUT2D eigenvalue weighted by molar-refractivity contribution is 6.04. The number of hydrogen-bond acceptors (Lipinski definition) is 2. The molecule has 0 saturated heterocycles. The molecule has 0 fully saturated rings. The van der Waals surface area contributed by atoms with Gasteiger partial charge in [-0.25, -0.2) is 4.98 Å². The summed E-state index contributed by atoms with van der Waals surface area (Å²) in [5.74, 6) is 0.872. The van der Waals surface area contributed by atoms with E-state index in [9.17, 15) is 4.79 Å². The molecule has 112 valence electrons. The minimum Gasteiger partial charge on any atom is -0.326 e. The second kappa shape index (κ2) is 5.64. The number of amides is 1. The van der Waals surface area contributed by atoms with Crippen molar-refractivity contribution in [2.45, 2.75) is 26.8 Å². The molecule has 4 nitrogen and oxygen atoms in total. The molecule has 0 aliphatic heterocycles. The standard InChI is InChI=1S/C18H19N3O/c1-12(2)21-13(3)19-16-11-15(9-10-17(16)21)20-18(22)14-7-5-4-6-8-14/h4-12H,1-3H3,(H,20,22). The number of anilines is 1. The van der Waals surface area contributed by atoms with E-state index < -0.39 is 0 Å². The van der Waals surface area contributed by atoms with Crippen LogP contribution in [0.25, 0.3) is 11.0 Å². The van der Waals surface area contributed by atoms with Crippen molar-refractivity contribution in [3.05, 3.63) is 59.9 Å². The number of nitrogens with zero attached hydrogens (tertiary/aromatic N) is 2. The lowest BCUT2D eigenvalue weighted by atomic mass is 10.2. The Balaban J connectivity index is 1.92. The van der Waals surface area contributed by atoms with Crippen molar-refractivity contribution >= 4 is 22.6 Å². The fourth-order valence-corrected chi connectivity index (χ4v) is 2.74. The molecular weight excluding hydrogens is 274 g/mol. The second-order valence-electron chi connectivity index (χ2n) is 5.65. The third-order valence-corrected chi connectivity index (χ3v) is 3.68. The number of fused-ring (bicyclic) bond motifs is 1. The van der Waals surface area contributed by atoms with Crippen molar-refractivity contribution in [1.29, 1.82) is 0 Å². The van der Waals surface area contributed by atoms with Gasteiger partial charge in [0.05, 0.1) is 11.0 Å². The van der Waals surface area contributed by atoms with E-state index >= 15 is 0 Å². The van der Waals surface area contributed by atoms with Gasteiger partial charge in [-0.15, -0.1) is 0 Å². The van der Waals surface area contributed by atoms with Crippen LogP contribution in [-0.4, -0.2) is 15.5 Å². The Labute approximate surface area is 129 Å². The summed E-state index contributed by atoms with van der Waals surface area (Å²) in [6, 6.07) is 15.4. The second-order valence-corrected chi connectivity index (χ2v) is 5.65. The van der Waals surface area contributed by atoms with Crippen molar-refractivity contribution in [2.24, 2.45) is 0 Å². The molecule has 0 bridgehead atoms. The first-order valence-electron chi connectivity index (χ1n) is 7.41. The predicted molar refractivity (Wildman–Crippen MR) is 89.3 cm³/mol. The molecule has 0 atom stereocenters. The summed E-state index contributed by atoms with van der Waals surface area (Å²) in [6.45, 7) is 6.28. The summed E-state index contributed by atoms with van der Waals surface area (Å²) in [4.78, 5) is 16.8. The number of rotatable bonds is 3. The van der Waals surface area contributed by atoms with Crippen LogP contribution in [0.1, 0.15) is 36.1 Å². The quantitative estimate of drug-likeness (QED) is 0.787. The van der Waals surface area contributed by atoms with E-state index in [1.807, 2.05) is 43.3 Å². The minimum absolute atomic E-state index is 0.111. The molecule has 0 saturated carbocycles. The van der Waals surface area contributed by atoms with E-state index in [1.54, 1.807) is 12.1 Å². The van der Waals surface area contributed by atoms with Gasteiger partial charge in [0.15, 0.2) is 0 Å². The summed E-state index contributed by atoms with van der Waals surface area (Å²) >= 11 is 0. The van der Waals surface area contributed by atoms with Crippen LogP contribution in [0, 0.1) is 6.92 Å². The topological polar surface area (TPSA) is 46.9 Å². The Bertz CT molecular complexity index is 819. The number of hydrogen-bond donors (Lipinski definition) is 1. The van der Waals surface area contributed by atoms with Crippen molar-refractivity contribution in [3.63, 3.8) is 0 Å². The first kappa shape index (κ1) is 14.3. The van der Waals surface area contributed by atoms with Crippen LogP contribution in [0.3, 0.4) is 0 Å². The van der Waals surface area contributed by atoms with E-state index in [0.29, 0.717) is 11.6 Å². The average Bonchev–Trinajstić information content (AvgIpc) is 2.83. The number of imidazole rings is 1. The van der Waals surface area contributed by atoms with Crippen molar-refractivity contribution < 1.29 is 4.79 Å². The number of carbonyl (C=O) groups is 1. The molecule has 1 N–H and O–H groups in total. The van der Waals surface area contributed by atoms with E-state index in [-0.39, 0.29) is 5.91 Å². The zero-order valence-electron chi connectivity index (χ0n) is 13.0. The largest absolute Gasteiger partial charge is 0.326 e. The van der Waals surface area contributed by atoms with Crippen LogP contribution in [0.5, 0.6) is 0 Å². The average molecular weight is 293 g/mol. The van der Waals surface area contributed by atoms with Crippen LogP contribution in [0.4, 0.5) is 5.69 Å². The Morgan fingerprint density at radius 2 is 1.86 bits per heavy atom. The molecule has 1 aromatic heterocycles. The normalized spacial score (nSPS) is 11.1. The Morgan fingerprint density at radius 3 is 2.55 bits per heavy atom. The molecule has 0 unspecified atom stereocenters. The zero-order chi connectivity index (χ0) is 15.7. The minimum atomic E-state index is -0.111. The lowest BCUT2D eigenvalue weighted by molar-refractivity contribution is 0.102. The summed E-state index contributed by atoms with van der Waals surface area (Å²) in [7, 11) is 0. The first-order valence-corrected chi connectivity index (χ1v) is 7.41. The van der Waals surface area contributed by atoms with E-state index in [0.717, 1.165) is 22.5 Å². The maximum Gasteiger partial charge on any atom is 0.255 e. The molecule has 1 heterocycles. The third-order valence-electron chi connectivity index (χ3n) is 3.68. The van der Waals surface area contributed by atoms with Crippen LogP contribution >= 0.6 is 0 Å². The van der Waals surface area contributed by atoms with Crippen LogP contribution in [-0.2, 0) is 0 Å². The lowest BCUT2D eigenvalue weighted by Gasteiger charge is -2.11. The van der Waals surface area contributed by atoms with Gasteiger partial charge in [0.1, 0.15) is 5.82 Å². The fraction of sp³-hybridized carbons (Fsp3) is 0.222. The molecule has 22 heavy (non-hydrogen) atoms. The van der Waals surface area contributed by atoms with E-state index in [1.165, 1.54) is 0 Å². The summed E-state index contributed by atoms with van der Waals surface area (Å²) in [6.07, 6.45) is 0. The lowest BCUT2D eigenvalue weighted by Crippen LogP contribution is -2.11. The SMILES string of the molecule is Cc1nc2cc(NC(=O)c3ccccc3)ccc2n1C(C)C. The van der Waals surface area contributed by atoms with Gasteiger partial charge in [-0.05, 0) is 51.1 Å². The summed E-state index contributed by atoms with van der Waals surface area (Å²) in [5, 5.41) is 2.92. The maximum absolute atomic E-state index is 12.2. The van der Waals surface area contributed by atoms with Crippen LogP contribution in [0.15, 0.2) is 48.5 Å². The van der Waals surface area contributed by atoms with Gasteiger partial charge < -0.3 is 9.88 Å². The number of nitrogens with one attached hydrogen (secondary N) is 1. The first-order chi connectivity index (χ1) is 10.6. The van der Waals surface area contributed by atoms with Gasteiger partial charge in [-0.3, -0.25) is 4.79 Å². The van der Waals surface area contributed by atoms with Crippen LogP contribution < -0.4 is 5.32 Å². The van der Waals surface area contributed by atoms with Crippen molar-refractivity contribution in [2.75, 3.05) is 5.32 Å². The number of aromatic nitrogens is 2. The molecule has 3 rings (SSSR count). The van der Waals surface area contributed by atoms with Gasteiger partial charge in [0.2, 0.25) is 0 Å². The number of benzene rings is 2. The Morgan fingerprint density at radius 1 is 1.14 bits per heavy atom. The molecule has 1 amide bonds. The maximum atomic E-state index is 12.2. The molecule has 0 spiro atoms. The molecule has 4 heteroatoms. The monoisotopic (exact) mass is 293 g/mol. The van der Waals surface area contributed by atoms with Gasteiger partial charge in [0.25, 0.3) is 5.91 Å². The highest BCUT2D eigenvalue weighted by Crippen LogP contribution is 2.23. The van der Waals surface area contributed by atoms with Gasteiger partial charge in [-0.1, -0.05) is 18.2 Å². The predicted octanol–water partition coefficient (Wildman–Crippen LogP) is 4.18. The molecule has 3 aromatic rings. The van der Waals surface area contributed by atoms with Crippen LogP contribution in [0.2, 0.25) is 0 Å². The number of aryl methyl sites for hydroxylation is 1.